The lowest BCUT2D eigenvalue weighted by Gasteiger charge is -2.43. The van der Waals surface area contributed by atoms with E-state index in [2.05, 4.69) is 30.5 Å². The van der Waals surface area contributed by atoms with Crippen molar-refractivity contribution in [2.24, 2.45) is 17.1 Å². The highest BCUT2D eigenvalue weighted by atomic mass is 32.2. The molecule has 2 aliphatic rings. The van der Waals surface area contributed by atoms with Gasteiger partial charge in [0.15, 0.2) is 0 Å². The molecule has 1 unspecified atom stereocenters. The van der Waals surface area contributed by atoms with Gasteiger partial charge in [-0.2, -0.15) is 11.8 Å². The Morgan fingerprint density at radius 3 is 2.59 bits per heavy atom. The largest absolute Gasteiger partial charge is 0.330 e. The van der Waals surface area contributed by atoms with Crippen LogP contribution in [-0.4, -0.2) is 42.1 Å². The molecule has 1 aliphatic carbocycles. The molecule has 1 saturated carbocycles. The third-order valence-corrected chi connectivity index (χ3v) is 5.79. The Morgan fingerprint density at radius 1 is 1.29 bits per heavy atom. The molecule has 1 heterocycles. The van der Waals surface area contributed by atoms with Crippen LogP contribution in [0.25, 0.3) is 0 Å². The van der Waals surface area contributed by atoms with Crippen LogP contribution < -0.4 is 5.73 Å². The van der Waals surface area contributed by atoms with Gasteiger partial charge in [-0.3, -0.25) is 0 Å². The summed E-state index contributed by atoms with van der Waals surface area (Å²) in [6.45, 7) is 9.42. The third kappa shape index (κ3) is 3.62. The Kier molecular flexibility index (Phi) is 4.79. The Balaban J connectivity index is 1.90. The van der Waals surface area contributed by atoms with Crippen molar-refractivity contribution in [2.75, 3.05) is 31.9 Å². The number of thioether (sulfide) groups is 1. The minimum atomic E-state index is 0.439. The van der Waals surface area contributed by atoms with Gasteiger partial charge in [-0.25, -0.2) is 0 Å². The van der Waals surface area contributed by atoms with E-state index in [1.165, 1.54) is 51.1 Å². The summed E-state index contributed by atoms with van der Waals surface area (Å²) in [6.07, 6.45) is 5.47. The lowest BCUT2D eigenvalue weighted by atomic mass is 9.70. The molecule has 0 aromatic rings. The maximum absolute atomic E-state index is 6.10. The molecule has 1 atom stereocenters. The standard InChI is InChI=1S/C14H28N2S/c1-12-3-5-14(10-15,6-4-12)11-16-7-8-17-13(2)9-16/h12-13H,3-11,15H2,1-2H3. The van der Waals surface area contributed by atoms with E-state index in [-0.39, 0.29) is 0 Å². The summed E-state index contributed by atoms with van der Waals surface area (Å²) in [7, 11) is 0. The summed E-state index contributed by atoms with van der Waals surface area (Å²) < 4.78 is 0. The van der Waals surface area contributed by atoms with E-state index in [0.717, 1.165) is 17.7 Å². The summed E-state index contributed by atoms with van der Waals surface area (Å²) >= 11 is 2.12. The van der Waals surface area contributed by atoms with Gasteiger partial charge in [0.1, 0.15) is 0 Å². The molecule has 3 heteroatoms. The molecule has 0 radical (unpaired) electrons. The van der Waals surface area contributed by atoms with Gasteiger partial charge < -0.3 is 10.6 Å². The van der Waals surface area contributed by atoms with Crippen molar-refractivity contribution >= 4 is 11.8 Å². The minimum absolute atomic E-state index is 0.439. The fourth-order valence-electron chi connectivity index (χ4n) is 3.31. The highest BCUT2D eigenvalue weighted by Crippen LogP contribution is 2.39. The zero-order valence-electron chi connectivity index (χ0n) is 11.5. The van der Waals surface area contributed by atoms with Crippen LogP contribution in [0.15, 0.2) is 0 Å². The van der Waals surface area contributed by atoms with Crippen LogP contribution >= 0.6 is 11.8 Å². The van der Waals surface area contributed by atoms with Crippen LogP contribution in [0, 0.1) is 11.3 Å². The summed E-state index contributed by atoms with van der Waals surface area (Å²) in [4.78, 5) is 2.67. The molecule has 0 aromatic carbocycles. The van der Waals surface area contributed by atoms with Gasteiger partial charge in [-0.15, -0.1) is 0 Å². The lowest BCUT2D eigenvalue weighted by Crippen LogP contribution is -2.48. The van der Waals surface area contributed by atoms with Crippen molar-refractivity contribution in [1.82, 2.24) is 4.90 Å². The summed E-state index contributed by atoms with van der Waals surface area (Å²) in [6, 6.07) is 0. The van der Waals surface area contributed by atoms with Crippen LogP contribution in [0.4, 0.5) is 0 Å². The van der Waals surface area contributed by atoms with Crippen LogP contribution in [0.5, 0.6) is 0 Å². The van der Waals surface area contributed by atoms with Gasteiger partial charge in [0.25, 0.3) is 0 Å². The molecule has 17 heavy (non-hydrogen) atoms. The van der Waals surface area contributed by atoms with Gasteiger partial charge >= 0.3 is 0 Å². The maximum Gasteiger partial charge on any atom is 0.0147 e. The third-order valence-electron chi connectivity index (χ3n) is 4.65. The fourth-order valence-corrected chi connectivity index (χ4v) is 4.39. The molecule has 1 saturated heterocycles. The quantitative estimate of drug-likeness (QED) is 0.841. The zero-order chi connectivity index (χ0) is 12.3. The molecule has 2 rings (SSSR count). The predicted molar refractivity (Wildman–Crippen MR) is 77.5 cm³/mol. The van der Waals surface area contributed by atoms with E-state index in [9.17, 15) is 0 Å². The van der Waals surface area contributed by atoms with E-state index < -0.39 is 0 Å². The van der Waals surface area contributed by atoms with Crippen LogP contribution in [-0.2, 0) is 0 Å². The highest BCUT2D eigenvalue weighted by Gasteiger charge is 2.35. The lowest BCUT2D eigenvalue weighted by molar-refractivity contribution is 0.0971. The number of rotatable bonds is 3. The first-order valence-corrected chi connectivity index (χ1v) is 8.22. The molecule has 100 valence electrons. The van der Waals surface area contributed by atoms with E-state index in [4.69, 9.17) is 5.73 Å². The maximum atomic E-state index is 6.10. The van der Waals surface area contributed by atoms with Gasteiger partial charge in [0.05, 0.1) is 0 Å². The van der Waals surface area contributed by atoms with Crippen LogP contribution in [0.3, 0.4) is 0 Å². The van der Waals surface area contributed by atoms with E-state index in [1.54, 1.807) is 0 Å². The Hall–Kier alpha value is 0.270. The van der Waals surface area contributed by atoms with Crippen molar-refractivity contribution in [3.63, 3.8) is 0 Å². The van der Waals surface area contributed by atoms with Gasteiger partial charge in [0, 0.05) is 30.6 Å². The van der Waals surface area contributed by atoms with Gasteiger partial charge in [0.2, 0.25) is 0 Å². The minimum Gasteiger partial charge on any atom is -0.330 e. The zero-order valence-corrected chi connectivity index (χ0v) is 12.3. The molecule has 0 bridgehead atoms. The molecule has 0 aromatic heterocycles. The van der Waals surface area contributed by atoms with Crippen molar-refractivity contribution in [3.05, 3.63) is 0 Å². The van der Waals surface area contributed by atoms with Crippen LogP contribution in [0.2, 0.25) is 0 Å². The molecule has 2 fully saturated rings. The molecular formula is C14H28N2S. The van der Waals surface area contributed by atoms with Crippen LogP contribution in [0.1, 0.15) is 39.5 Å². The molecule has 0 spiro atoms. The fraction of sp³-hybridized carbons (Fsp3) is 1.00. The average molecular weight is 256 g/mol. The monoisotopic (exact) mass is 256 g/mol. The van der Waals surface area contributed by atoms with Crippen molar-refractivity contribution in [3.8, 4) is 0 Å². The van der Waals surface area contributed by atoms with Crippen molar-refractivity contribution < 1.29 is 0 Å². The van der Waals surface area contributed by atoms with Crippen molar-refractivity contribution in [2.45, 2.75) is 44.8 Å². The average Bonchev–Trinajstić information content (AvgIpc) is 2.33. The van der Waals surface area contributed by atoms with E-state index >= 15 is 0 Å². The first-order valence-electron chi connectivity index (χ1n) is 7.17. The second kappa shape index (κ2) is 5.94. The number of nitrogens with two attached hydrogens (primary N) is 1. The molecule has 2 nitrogen and oxygen atoms in total. The Morgan fingerprint density at radius 2 is 2.00 bits per heavy atom. The SMILES string of the molecule is CC1CCC(CN)(CN2CCSC(C)C2)CC1. The first-order chi connectivity index (χ1) is 8.13. The molecule has 0 amide bonds. The second-order valence-electron chi connectivity index (χ2n) is 6.30. The summed E-state index contributed by atoms with van der Waals surface area (Å²) in [5.41, 5.74) is 6.54. The van der Waals surface area contributed by atoms with Crippen molar-refractivity contribution in [1.29, 1.82) is 0 Å². The number of hydrogen-bond donors (Lipinski definition) is 1. The normalized spacial score (nSPS) is 40.4. The molecule has 2 N–H and O–H groups in total. The second-order valence-corrected chi connectivity index (χ2v) is 7.85. The highest BCUT2D eigenvalue weighted by molar-refractivity contribution is 7.99. The summed E-state index contributed by atoms with van der Waals surface area (Å²) in [5.74, 6) is 2.23. The smallest absolute Gasteiger partial charge is 0.0147 e. The van der Waals surface area contributed by atoms with Gasteiger partial charge in [-0.1, -0.05) is 26.7 Å². The predicted octanol–water partition coefficient (Wildman–Crippen LogP) is 2.58. The topological polar surface area (TPSA) is 29.3 Å². The van der Waals surface area contributed by atoms with E-state index in [0.29, 0.717) is 5.41 Å². The Bertz CT molecular complexity index is 236. The van der Waals surface area contributed by atoms with Gasteiger partial charge in [-0.05, 0) is 30.7 Å². The Labute approximate surface area is 111 Å². The molecule has 1 aliphatic heterocycles. The number of hydrogen-bond acceptors (Lipinski definition) is 3. The van der Waals surface area contributed by atoms with E-state index in [1.807, 2.05) is 0 Å². The number of nitrogens with zero attached hydrogens (tertiary/aromatic N) is 1. The molecular weight excluding hydrogens is 228 g/mol. The first kappa shape index (κ1) is 13.7. The summed E-state index contributed by atoms with van der Waals surface area (Å²) in [5, 5.41) is 0.807.